The van der Waals surface area contributed by atoms with Gasteiger partial charge in [-0.15, -0.1) is 0 Å². The molecule has 7 rings (SSSR count). The summed E-state index contributed by atoms with van der Waals surface area (Å²) in [7, 11) is 0. The first kappa shape index (κ1) is 25.6. The summed E-state index contributed by atoms with van der Waals surface area (Å²) in [6, 6.07) is 0.790. The Morgan fingerprint density at radius 3 is 2.18 bits per heavy atom. The highest BCUT2D eigenvalue weighted by atomic mass is 16.3. The molecule has 210 valence electrons. The molecule has 5 nitrogen and oxygen atoms in total. The van der Waals surface area contributed by atoms with Gasteiger partial charge in [0.2, 0.25) is 11.8 Å². The average Bonchev–Trinajstić information content (AvgIpc) is 3.81. The first-order chi connectivity index (χ1) is 18.6. The summed E-state index contributed by atoms with van der Waals surface area (Å²) < 4.78 is 0. The van der Waals surface area contributed by atoms with Gasteiger partial charge in [0.15, 0.2) is 0 Å². The molecule has 5 heteroatoms. The van der Waals surface area contributed by atoms with Crippen LogP contribution in [0.4, 0.5) is 0 Å². The van der Waals surface area contributed by atoms with E-state index in [0.29, 0.717) is 35.7 Å². The summed E-state index contributed by atoms with van der Waals surface area (Å²) in [4.78, 5) is 34.7. The second-order valence-electron chi connectivity index (χ2n) is 14.3. The fourth-order valence-electron chi connectivity index (χ4n) is 10.4. The molecule has 1 N–H and O–H groups in total. The number of nitrogens with zero attached hydrogens (tertiary/aromatic N) is 2. The molecule has 0 aromatic carbocycles. The molecule has 0 bridgehead atoms. The van der Waals surface area contributed by atoms with E-state index in [1.165, 1.54) is 44.2 Å². The van der Waals surface area contributed by atoms with E-state index >= 15 is 4.79 Å². The molecular weight excluding hydrogens is 472 g/mol. The minimum atomic E-state index is -0.425. The highest BCUT2D eigenvalue weighted by Crippen LogP contribution is 2.62. The van der Waals surface area contributed by atoms with Crippen molar-refractivity contribution in [3.8, 4) is 0 Å². The minimum absolute atomic E-state index is 0.0476. The summed E-state index contributed by atoms with van der Waals surface area (Å²) in [6.07, 6.45) is 22.5. The van der Waals surface area contributed by atoms with Crippen LogP contribution in [0.25, 0.3) is 0 Å². The van der Waals surface area contributed by atoms with Crippen LogP contribution in [0.15, 0.2) is 11.3 Å². The van der Waals surface area contributed by atoms with Crippen molar-refractivity contribution >= 4 is 11.8 Å². The van der Waals surface area contributed by atoms with E-state index in [9.17, 15) is 9.90 Å². The number of hydrogen-bond donors (Lipinski definition) is 1. The van der Waals surface area contributed by atoms with Gasteiger partial charge in [0.05, 0.1) is 5.41 Å². The third-order valence-corrected chi connectivity index (χ3v) is 12.3. The maximum atomic E-state index is 15.3. The van der Waals surface area contributed by atoms with Crippen molar-refractivity contribution in [2.24, 2.45) is 29.1 Å². The highest BCUT2D eigenvalue weighted by Gasteiger charge is 2.67. The predicted molar refractivity (Wildman–Crippen MR) is 148 cm³/mol. The van der Waals surface area contributed by atoms with Gasteiger partial charge in [0, 0.05) is 36.3 Å². The monoisotopic (exact) mass is 522 g/mol. The lowest BCUT2D eigenvalue weighted by atomic mass is 9.50. The van der Waals surface area contributed by atoms with Crippen LogP contribution < -0.4 is 0 Å². The van der Waals surface area contributed by atoms with Crippen molar-refractivity contribution in [3.05, 3.63) is 11.3 Å². The second-order valence-corrected chi connectivity index (χ2v) is 14.3. The Hall–Kier alpha value is -1.36. The van der Waals surface area contributed by atoms with Gasteiger partial charge in [0.25, 0.3) is 0 Å². The summed E-state index contributed by atoms with van der Waals surface area (Å²) >= 11 is 0. The summed E-state index contributed by atoms with van der Waals surface area (Å²) in [5, 5.41) is 9.92. The number of rotatable bonds is 4. The van der Waals surface area contributed by atoms with E-state index in [-0.39, 0.29) is 24.5 Å². The Morgan fingerprint density at radius 2 is 1.45 bits per heavy atom. The molecule has 0 radical (unpaired) electrons. The fraction of sp³-hybridized carbons (Fsp3) is 0.879. The van der Waals surface area contributed by atoms with Gasteiger partial charge in [-0.05, 0) is 120 Å². The molecule has 0 aromatic heterocycles. The average molecular weight is 523 g/mol. The molecule has 5 aliphatic carbocycles. The number of likely N-dealkylation sites (tertiary alicyclic amines) is 1. The van der Waals surface area contributed by atoms with Gasteiger partial charge in [-0.25, -0.2) is 0 Å². The Bertz CT molecular complexity index is 957. The number of allylic oxidation sites excluding steroid dienone is 2. The minimum Gasteiger partial charge on any atom is -0.396 e. The number of piperidine rings is 1. The van der Waals surface area contributed by atoms with Crippen molar-refractivity contribution in [2.75, 3.05) is 6.61 Å². The number of carbonyl (C=O) groups excluding carboxylic acids is 2. The van der Waals surface area contributed by atoms with Crippen LogP contribution in [0, 0.1) is 29.1 Å². The molecule has 4 atom stereocenters. The van der Waals surface area contributed by atoms with E-state index in [2.05, 4.69) is 9.80 Å². The number of aliphatic hydroxyl groups excluding tert-OH is 1. The van der Waals surface area contributed by atoms with Crippen molar-refractivity contribution in [1.29, 1.82) is 0 Å². The van der Waals surface area contributed by atoms with E-state index in [1.54, 1.807) is 5.57 Å². The smallest absolute Gasteiger partial charge is 0.235 e. The van der Waals surface area contributed by atoms with Crippen molar-refractivity contribution in [3.63, 3.8) is 0 Å². The SMILES string of the molecule is O=C1C2CCCCC2[C@@]2(CC3=C(CCCC3)N(C3CC3)C2=O)[C@H](C2CCC(CO)CC2)N1C1CCCCC1. The quantitative estimate of drug-likeness (QED) is 0.468. The Morgan fingerprint density at radius 1 is 0.737 bits per heavy atom. The van der Waals surface area contributed by atoms with Gasteiger partial charge in [-0.3, -0.25) is 9.59 Å². The van der Waals surface area contributed by atoms with Gasteiger partial charge < -0.3 is 14.9 Å². The molecule has 7 aliphatic rings. The molecule has 2 unspecified atom stereocenters. The van der Waals surface area contributed by atoms with E-state index in [0.717, 1.165) is 89.9 Å². The molecule has 0 aromatic rings. The normalized spacial score (nSPS) is 40.9. The van der Waals surface area contributed by atoms with Gasteiger partial charge in [0.1, 0.15) is 0 Å². The third-order valence-electron chi connectivity index (χ3n) is 12.3. The van der Waals surface area contributed by atoms with Gasteiger partial charge in [-0.1, -0.05) is 32.1 Å². The van der Waals surface area contributed by atoms with Crippen LogP contribution in [0.1, 0.15) is 128 Å². The molecule has 38 heavy (non-hydrogen) atoms. The fourth-order valence-corrected chi connectivity index (χ4v) is 10.4. The van der Waals surface area contributed by atoms with Crippen LogP contribution in [0.2, 0.25) is 0 Å². The molecule has 5 fully saturated rings. The summed E-state index contributed by atoms with van der Waals surface area (Å²) in [6.45, 7) is 0.281. The third kappa shape index (κ3) is 4.03. The van der Waals surface area contributed by atoms with E-state index < -0.39 is 5.41 Å². The van der Waals surface area contributed by atoms with Crippen LogP contribution in [0.5, 0.6) is 0 Å². The zero-order valence-electron chi connectivity index (χ0n) is 23.5. The van der Waals surface area contributed by atoms with E-state index in [1.807, 2.05) is 0 Å². The number of fused-ring (bicyclic) bond motifs is 2. The maximum Gasteiger partial charge on any atom is 0.235 e. The predicted octanol–water partition coefficient (Wildman–Crippen LogP) is 6.34. The Kier molecular flexibility index (Phi) is 6.89. The lowest BCUT2D eigenvalue weighted by Gasteiger charge is -2.64. The lowest BCUT2D eigenvalue weighted by Crippen LogP contribution is -2.72. The number of aliphatic hydroxyl groups is 1. The molecular formula is C33H50N2O3. The standard InChI is InChI=1S/C33H50N2O3/c36-21-22-14-16-23(17-15-22)30-33(20-24-8-4-7-13-29(24)34(32(33)38)26-18-19-26)28-12-6-5-11-27(28)31(37)35(30)25-9-2-1-3-10-25/h22-23,25-28,30,36H,1-21H2/t22?,23?,27?,28?,30-,33-/m0/s1. The molecule has 4 saturated carbocycles. The largest absolute Gasteiger partial charge is 0.396 e. The van der Waals surface area contributed by atoms with Crippen LogP contribution >= 0.6 is 0 Å². The second kappa shape index (κ2) is 10.2. The summed E-state index contributed by atoms with van der Waals surface area (Å²) in [5.41, 5.74) is 2.58. The summed E-state index contributed by atoms with van der Waals surface area (Å²) in [5.74, 6) is 1.92. The topological polar surface area (TPSA) is 60.9 Å². The molecule has 2 amide bonds. The number of amides is 2. The zero-order chi connectivity index (χ0) is 25.9. The van der Waals surface area contributed by atoms with Crippen molar-refractivity contribution in [2.45, 2.75) is 147 Å². The van der Waals surface area contributed by atoms with Crippen molar-refractivity contribution in [1.82, 2.24) is 9.80 Å². The zero-order valence-corrected chi connectivity index (χ0v) is 23.5. The first-order valence-electron chi connectivity index (χ1n) is 16.6. The lowest BCUT2D eigenvalue weighted by molar-refractivity contribution is -0.189. The van der Waals surface area contributed by atoms with Crippen LogP contribution in [-0.2, 0) is 9.59 Å². The van der Waals surface area contributed by atoms with Gasteiger partial charge >= 0.3 is 0 Å². The maximum absolute atomic E-state index is 15.3. The molecule has 1 saturated heterocycles. The first-order valence-corrected chi connectivity index (χ1v) is 16.6. The van der Waals surface area contributed by atoms with Crippen LogP contribution in [-0.4, -0.2) is 51.5 Å². The Labute approximate surface area is 229 Å². The highest BCUT2D eigenvalue weighted by molar-refractivity contribution is 5.92. The van der Waals surface area contributed by atoms with E-state index in [4.69, 9.17) is 0 Å². The Balaban J connectivity index is 1.38. The number of hydrogen-bond acceptors (Lipinski definition) is 3. The molecule has 2 heterocycles. The molecule has 1 spiro atoms. The number of carbonyl (C=O) groups is 2. The van der Waals surface area contributed by atoms with Crippen molar-refractivity contribution < 1.29 is 14.7 Å². The van der Waals surface area contributed by atoms with Gasteiger partial charge in [-0.2, -0.15) is 0 Å². The van der Waals surface area contributed by atoms with Crippen LogP contribution in [0.3, 0.4) is 0 Å². The molecule has 2 aliphatic heterocycles.